The first-order valence-corrected chi connectivity index (χ1v) is 7.74. The second-order valence-electron chi connectivity index (χ2n) is 4.67. The van der Waals surface area contributed by atoms with Crippen molar-refractivity contribution in [3.63, 3.8) is 0 Å². The van der Waals surface area contributed by atoms with Gasteiger partial charge in [0.2, 0.25) is 0 Å². The van der Waals surface area contributed by atoms with E-state index in [0.29, 0.717) is 5.69 Å². The van der Waals surface area contributed by atoms with Gasteiger partial charge in [0.25, 0.3) is 5.91 Å². The van der Waals surface area contributed by atoms with Crippen molar-refractivity contribution in [2.45, 2.75) is 6.18 Å². The summed E-state index contributed by atoms with van der Waals surface area (Å²) in [4.78, 5) is 23.5. The highest BCUT2D eigenvalue weighted by Crippen LogP contribution is 2.32. The van der Waals surface area contributed by atoms with Crippen molar-refractivity contribution in [1.82, 2.24) is 0 Å². The number of hydrogen-bond acceptors (Lipinski definition) is 3. The highest BCUT2D eigenvalue weighted by molar-refractivity contribution is 14.1. The van der Waals surface area contributed by atoms with Crippen molar-refractivity contribution in [1.29, 1.82) is 0 Å². The summed E-state index contributed by atoms with van der Waals surface area (Å²) in [7, 11) is 0. The van der Waals surface area contributed by atoms with Gasteiger partial charge in [-0.2, -0.15) is 13.2 Å². The van der Waals surface area contributed by atoms with E-state index in [9.17, 15) is 22.8 Å². The van der Waals surface area contributed by atoms with Crippen LogP contribution in [0.4, 0.5) is 18.9 Å². The third kappa shape index (κ3) is 4.95. The molecule has 0 spiro atoms. The molecule has 0 aromatic heterocycles. The molecule has 0 aliphatic heterocycles. The van der Waals surface area contributed by atoms with Gasteiger partial charge in [0.1, 0.15) is 0 Å². The Morgan fingerprint density at radius 2 is 1.67 bits per heavy atom. The summed E-state index contributed by atoms with van der Waals surface area (Å²) in [5.74, 6) is -1.85. The molecule has 0 aliphatic rings. The smallest absolute Gasteiger partial charge is 0.417 e. The van der Waals surface area contributed by atoms with Crippen LogP contribution in [0, 0.1) is 3.57 Å². The number of alkyl halides is 3. The summed E-state index contributed by atoms with van der Waals surface area (Å²) in [5.41, 5.74) is -1.24. The van der Waals surface area contributed by atoms with Crippen molar-refractivity contribution in [2.75, 3.05) is 11.9 Å². The van der Waals surface area contributed by atoms with Crippen LogP contribution in [0.5, 0.6) is 0 Å². The normalized spacial score (nSPS) is 11.0. The monoisotopic (exact) mass is 449 g/mol. The molecule has 0 unspecified atom stereocenters. The highest BCUT2D eigenvalue weighted by Gasteiger charge is 2.35. The number of rotatable bonds is 4. The first-order valence-electron chi connectivity index (χ1n) is 6.66. The van der Waals surface area contributed by atoms with Crippen molar-refractivity contribution in [3.05, 3.63) is 63.2 Å². The molecule has 0 saturated carbocycles. The quantitative estimate of drug-likeness (QED) is 0.565. The van der Waals surface area contributed by atoms with Gasteiger partial charge in [0.15, 0.2) is 6.61 Å². The zero-order valence-electron chi connectivity index (χ0n) is 12.1. The predicted octanol–water partition coefficient (Wildman–Crippen LogP) is 4.11. The maximum Gasteiger partial charge on any atom is 0.417 e. The van der Waals surface area contributed by atoms with E-state index in [2.05, 4.69) is 32.6 Å². The summed E-state index contributed by atoms with van der Waals surface area (Å²) in [6, 6.07) is 11.1. The van der Waals surface area contributed by atoms with Crippen LogP contribution in [0.1, 0.15) is 15.9 Å². The molecule has 0 atom stereocenters. The summed E-state index contributed by atoms with van der Waals surface area (Å²) in [5, 5.41) is 2.48. The molecule has 2 aromatic carbocycles. The van der Waals surface area contributed by atoms with Crippen LogP contribution in [0.2, 0.25) is 0 Å². The molecule has 24 heavy (non-hydrogen) atoms. The largest absolute Gasteiger partial charge is 0.452 e. The van der Waals surface area contributed by atoms with E-state index in [1.807, 2.05) is 0 Å². The summed E-state index contributed by atoms with van der Waals surface area (Å²) >= 11 is 2.10. The minimum atomic E-state index is -4.68. The average molecular weight is 449 g/mol. The van der Waals surface area contributed by atoms with Crippen LogP contribution in [0.3, 0.4) is 0 Å². The molecule has 1 N–H and O–H groups in total. The van der Waals surface area contributed by atoms with Crippen molar-refractivity contribution >= 4 is 40.2 Å². The van der Waals surface area contributed by atoms with E-state index in [1.165, 1.54) is 12.1 Å². The molecule has 2 rings (SSSR count). The summed E-state index contributed by atoms with van der Waals surface area (Å²) in [6.45, 7) is -0.684. The van der Waals surface area contributed by atoms with E-state index in [4.69, 9.17) is 0 Å². The molecule has 2 aromatic rings. The first kappa shape index (κ1) is 18.2. The summed E-state index contributed by atoms with van der Waals surface area (Å²) in [6.07, 6.45) is -4.68. The molecule has 0 radical (unpaired) electrons. The van der Waals surface area contributed by atoms with Gasteiger partial charge < -0.3 is 10.1 Å². The van der Waals surface area contributed by atoms with Gasteiger partial charge in [0.05, 0.1) is 11.1 Å². The maximum atomic E-state index is 12.8. The van der Waals surface area contributed by atoms with Crippen molar-refractivity contribution in [3.8, 4) is 0 Å². The topological polar surface area (TPSA) is 55.4 Å². The van der Waals surface area contributed by atoms with Crippen LogP contribution in [0.15, 0.2) is 48.5 Å². The zero-order valence-corrected chi connectivity index (χ0v) is 14.2. The molecule has 0 heterocycles. The molecule has 1 amide bonds. The standard InChI is InChI=1S/C16H11F3INO3/c17-16(18,19)13-4-2-1-3-12(13)15(23)24-9-14(22)21-11-7-5-10(20)6-8-11/h1-8H,9H2,(H,21,22). The number of halogens is 4. The van der Waals surface area contributed by atoms with Crippen LogP contribution in [-0.2, 0) is 15.7 Å². The second-order valence-corrected chi connectivity index (χ2v) is 5.92. The number of carbonyl (C=O) groups excluding carboxylic acids is 2. The van der Waals surface area contributed by atoms with Crippen molar-refractivity contribution < 1.29 is 27.5 Å². The number of nitrogens with one attached hydrogen (secondary N) is 1. The number of carbonyl (C=O) groups is 2. The number of esters is 1. The Balaban J connectivity index is 1.98. The Labute approximate surface area is 149 Å². The summed E-state index contributed by atoms with van der Waals surface area (Å²) < 4.78 is 44.2. The third-order valence-electron chi connectivity index (χ3n) is 2.91. The number of anilines is 1. The molecule has 0 fully saturated rings. The lowest BCUT2D eigenvalue weighted by atomic mass is 10.1. The fourth-order valence-corrected chi connectivity index (χ4v) is 2.21. The van der Waals surface area contributed by atoms with E-state index in [0.717, 1.165) is 15.7 Å². The van der Waals surface area contributed by atoms with E-state index in [-0.39, 0.29) is 0 Å². The molecule has 0 bridgehead atoms. The van der Waals surface area contributed by atoms with Gasteiger partial charge in [-0.05, 0) is 59.0 Å². The van der Waals surface area contributed by atoms with Gasteiger partial charge >= 0.3 is 12.1 Å². The molecule has 126 valence electrons. The Morgan fingerprint density at radius 1 is 1.04 bits per heavy atom. The van der Waals surface area contributed by atoms with Gasteiger partial charge in [-0.15, -0.1) is 0 Å². The Bertz CT molecular complexity index is 745. The molecular formula is C16H11F3INO3. The predicted molar refractivity (Wildman–Crippen MR) is 89.5 cm³/mol. The van der Waals surface area contributed by atoms with Crippen LogP contribution in [0.25, 0.3) is 0 Å². The van der Waals surface area contributed by atoms with Crippen molar-refractivity contribution in [2.24, 2.45) is 0 Å². The zero-order chi connectivity index (χ0) is 17.7. The number of amides is 1. The fraction of sp³-hybridized carbons (Fsp3) is 0.125. The van der Waals surface area contributed by atoms with Crippen LogP contribution in [-0.4, -0.2) is 18.5 Å². The number of benzene rings is 2. The lowest BCUT2D eigenvalue weighted by Gasteiger charge is -2.12. The fourth-order valence-electron chi connectivity index (χ4n) is 1.85. The number of hydrogen-bond donors (Lipinski definition) is 1. The average Bonchev–Trinajstić information content (AvgIpc) is 2.54. The van der Waals surface area contributed by atoms with Crippen LogP contribution < -0.4 is 5.32 Å². The van der Waals surface area contributed by atoms with Gasteiger partial charge in [-0.1, -0.05) is 12.1 Å². The Morgan fingerprint density at radius 3 is 2.29 bits per heavy atom. The van der Waals surface area contributed by atoms with Gasteiger partial charge in [-0.3, -0.25) is 4.79 Å². The van der Waals surface area contributed by atoms with Gasteiger partial charge in [0, 0.05) is 9.26 Å². The molecular weight excluding hydrogens is 438 g/mol. The molecule has 4 nitrogen and oxygen atoms in total. The molecule has 8 heteroatoms. The van der Waals surface area contributed by atoms with E-state index in [1.54, 1.807) is 24.3 Å². The highest BCUT2D eigenvalue weighted by atomic mass is 127. The van der Waals surface area contributed by atoms with E-state index < -0.39 is 35.8 Å². The lowest BCUT2D eigenvalue weighted by molar-refractivity contribution is -0.138. The Hall–Kier alpha value is -2.10. The van der Waals surface area contributed by atoms with E-state index >= 15 is 0 Å². The van der Waals surface area contributed by atoms with Gasteiger partial charge in [-0.25, -0.2) is 4.79 Å². The van der Waals surface area contributed by atoms with Crippen LogP contribution >= 0.6 is 22.6 Å². The first-order chi connectivity index (χ1) is 11.3. The minimum absolute atomic E-state index is 0.493. The Kier molecular flexibility index (Phi) is 5.81. The minimum Gasteiger partial charge on any atom is -0.452 e. The SMILES string of the molecule is O=C(COC(=O)c1ccccc1C(F)(F)F)Nc1ccc(I)cc1. The molecule has 0 saturated heterocycles. The third-order valence-corrected chi connectivity index (χ3v) is 3.63. The maximum absolute atomic E-state index is 12.8. The number of ether oxygens (including phenoxy) is 1. The lowest BCUT2D eigenvalue weighted by Crippen LogP contribution is -2.22. The second kappa shape index (κ2) is 7.65. The molecule has 0 aliphatic carbocycles.